The molecule has 0 saturated heterocycles. The van der Waals surface area contributed by atoms with Crippen LogP contribution in [0.2, 0.25) is 0 Å². The Kier molecular flexibility index (Phi) is 3.18. The van der Waals surface area contributed by atoms with Crippen LogP contribution < -0.4 is 4.72 Å². The van der Waals surface area contributed by atoms with E-state index in [-0.39, 0.29) is 16.6 Å². The van der Waals surface area contributed by atoms with Gasteiger partial charge in [0.1, 0.15) is 4.21 Å². The maximum absolute atomic E-state index is 11.9. The van der Waals surface area contributed by atoms with E-state index in [1.165, 1.54) is 10.7 Å². The predicted molar refractivity (Wildman–Crippen MR) is 64.3 cm³/mol. The number of nitrogens with zero attached hydrogens (tertiary/aromatic N) is 2. The molecule has 0 atom stereocenters. The number of hydrogen-bond donors (Lipinski definition) is 2. The molecular formula is C9H11N3O3S2. The van der Waals surface area contributed by atoms with Crippen molar-refractivity contribution in [3.63, 3.8) is 0 Å². The van der Waals surface area contributed by atoms with Crippen LogP contribution in [0.1, 0.15) is 5.56 Å². The van der Waals surface area contributed by atoms with Gasteiger partial charge in [-0.05, 0) is 17.0 Å². The summed E-state index contributed by atoms with van der Waals surface area (Å²) in [5, 5.41) is 14.4. The van der Waals surface area contributed by atoms with Gasteiger partial charge in [0.05, 0.1) is 6.61 Å². The molecule has 8 heteroatoms. The Morgan fingerprint density at radius 1 is 1.59 bits per heavy atom. The van der Waals surface area contributed by atoms with E-state index in [9.17, 15) is 8.42 Å². The Morgan fingerprint density at radius 2 is 2.35 bits per heavy atom. The summed E-state index contributed by atoms with van der Waals surface area (Å²) in [6.07, 6.45) is 1.64. The number of hydrogen-bond acceptors (Lipinski definition) is 5. The number of aromatic nitrogens is 2. The van der Waals surface area contributed by atoms with Gasteiger partial charge in [-0.15, -0.1) is 11.3 Å². The van der Waals surface area contributed by atoms with E-state index >= 15 is 0 Å². The van der Waals surface area contributed by atoms with Crippen molar-refractivity contribution in [2.45, 2.75) is 10.8 Å². The number of sulfonamides is 1. The molecule has 0 aliphatic rings. The highest BCUT2D eigenvalue weighted by molar-refractivity contribution is 7.94. The fourth-order valence-electron chi connectivity index (χ4n) is 1.23. The van der Waals surface area contributed by atoms with Crippen LogP contribution in [-0.2, 0) is 23.7 Å². The number of aryl methyl sites for hydroxylation is 1. The molecule has 0 unspecified atom stereocenters. The molecule has 0 amide bonds. The summed E-state index contributed by atoms with van der Waals surface area (Å²) in [5.74, 6) is 0.270. The molecule has 92 valence electrons. The van der Waals surface area contributed by atoms with Gasteiger partial charge in [0, 0.05) is 19.3 Å². The van der Waals surface area contributed by atoms with Gasteiger partial charge in [-0.2, -0.15) is 5.10 Å². The van der Waals surface area contributed by atoms with Gasteiger partial charge < -0.3 is 5.11 Å². The van der Waals surface area contributed by atoms with E-state index in [1.54, 1.807) is 24.7 Å². The summed E-state index contributed by atoms with van der Waals surface area (Å²) in [4.78, 5) is 0. The highest BCUT2D eigenvalue weighted by Gasteiger charge is 2.17. The molecule has 0 radical (unpaired) electrons. The fourth-order valence-corrected chi connectivity index (χ4v) is 3.43. The van der Waals surface area contributed by atoms with Crippen molar-refractivity contribution in [3.8, 4) is 0 Å². The fraction of sp³-hybridized carbons (Fsp3) is 0.222. The van der Waals surface area contributed by atoms with Crippen molar-refractivity contribution < 1.29 is 13.5 Å². The Morgan fingerprint density at radius 3 is 2.88 bits per heavy atom. The molecule has 0 saturated carbocycles. The standard InChI is InChI=1S/C9H11N3O3S2/c1-12-3-2-8(10-12)11-17(14,15)9-4-7(5-13)6-16-9/h2-4,6,13H,5H2,1H3,(H,10,11). The van der Waals surface area contributed by atoms with Crippen molar-refractivity contribution in [2.75, 3.05) is 4.72 Å². The van der Waals surface area contributed by atoms with Crippen LogP contribution in [0.5, 0.6) is 0 Å². The van der Waals surface area contributed by atoms with Gasteiger partial charge in [0.25, 0.3) is 10.0 Å². The van der Waals surface area contributed by atoms with Crippen LogP contribution in [0, 0.1) is 0 Å². The van der Waals surface area contributed by atoms with Crippen LogP contribution in [0.3, 0.4) is 0 Å². The van der Waals surface area contributed by atoms with E-state index in [1.807, 2.05) is 0 Å². The number of rotatable bonds is 4. The quantitative estimate of drug-likeness (QED) is 0.862. The zero-order chi connectivity index (χ0) is 12.5. The van der Waals surface area contributed by atoms with Gasteiger partial charge in [-0.1, -0.05) is 0 Å². The smallest absolute Gasteiger partial charge is 0.272 e. The van der Waals surface area contributed by atoms with Crippen LogP contribution >= 0.6 is 11.3 Å². The van der Waals surface area contributed by atoms with E-state index in [4.69, 9.17) is 5.11 Å². The van der Waals surface area contributed by atoms with Crippen molar-refractivity contribution >= 4 is 27.2 Å². The normalized spacial score (nSPS) is 11.6. The highest BCUT2D eigenvalue weighted by Crippen LogP contribution is 2.22. The lowest BCUT2D eigenvalue weighted by Crippen LogP contribution is -2.12. The Hall–Kier alpha value is -1.38. The average Bonchev–Trinajstić information content (AvgIpc) is 2.86. The molecule has 17 heavy (non-hydrogen) atoms. The van der Waals surface area contributed by atoms with Crippen LogP contribution in [-0.4, -0.2) is 23.3 Å². The minimum atomic E-state index is -3.61. The van der Waals surface area contributed by atoms with E-state index in [0.717, 1.165) is 11.3 Å². The molecule has 2 aromatic heterocycles. The second kappa shape index (κ2) is 4.47. The summed E-state index contributed by atoms with van der Waals surface area (Å²) in [5.41, 5.74) is 0.580. The minimum absolute atomic E-state index is 0.159. The Labute approximate surface area is 103 Å². The summed E-state index contributed by atoms with van der Waals surface area (Å²) >= 11 is 1.06. The molecule has 0 fully saturated rings. The van der Waals surface area contributed by atoms with Gasteiger partial charge in [0.2, 0.25) is 0 Å². The molecule has 0 aliphatic heterocycles. The monoisotopic (exact) mass is 273 g/mol. The van der Waals surface area contributed by atoms with Crippen LogP contribution in [0.15, 0.2) is 27.9 Å². The molecular weight excluding hydrogens is 262 g/mol. The lowest BCUT2D eigenvalue weighted by molar-refractivity contribution is 0.282. The largest absolute Gasteiger partial charge is 0.392 e. The topological polar surface area (TPSA) is 84.2 Å². The van der Waals surface area contributed by atoms with Gasteiger partial charge in [-0.25, -0.2) is 8.42 Å². The van der Waals surface area contributed by atoms with Crippen LogP contribution in [0.25, 0.3) is 0 Å². The molecule has 2 N–H and O–H groups in total. The highest BCUT2D eigenvalue weighted by atomic mass is 32.2. The van der Waals surface area contributed by atoms with Crippen molar-refractivity contribution in [2.24, 2.45) is 7.05 Å². The Bertz CT molecular complexity index is 615. The third kappa shape index (κ3) is 2.65. The van der Waals surface area contributed by atoms with E-state index < -0.39 is 10.0 Å². The van der Waals surface area contributed by atoms with Gasteiger partial charge >= 0.3 is 0 Å². The first kappa shape index (κ1) is 12.1. The molecule has 2 aromatic rings. The zero-order valence-electron chi connectivity index (χ0n) is 8.99. The van der Waals surface area contributed by atoms with E-state index in [2.05, 4.69) is 9.82 Å². The first-order valence-corrected chi connectivity index (χ1v) is 7.08. The third-order valence-electron chi connectivity index (χ3n) is 2.03. The second-order valence-corrected chi connectivity index (χ2v) is 6.23. The number of nitrogens with one attached hydrogen (secondary N) is 1. The maximum atomic E-state index is 11.9. The van der Waals surface area contributed by atoms with Crippen molar-refractivity contribution in [3.05, 3.63) is 29.3 Å². The molecule has 0 aromatic carbocycles. The maximum Gasteiger partial charge on any atom is 0.272 e. The third-order valence-corrected chi connectivity index (χ3v) is 4.87. The summed E-state index contributed by atoms with van der Waals surface area (Å²) in [6.45, 7) is -0.171. The first-order chi connectivity index (χ1) is 8.01. The first-order valence-electron chi connectivity index (χ1n) is 4.72. The van der Waals surface area contributed by atoms with Crippen LogP contribution in [0.4, 0.5) is 5.82 Å². The number of aliphatic hydroxyl groups excluding tert-OH is 1. The average molecular weight is 273 g/mol. The summed E-state index contributed by atoms with van der Waals surface area (Å²) < 4.78 is 27.8. The molecule has 6 nitrogen and oxygen atoms in total. The van der Waals surface area contributed by atoms with Gasteiger partial charge in [0.15, 0.2) is 5.82 Å². The van der Waals surface area contributed by atoms with E-state index in [0.29, 0.717) is 5.56 Å². The zero-order valence-corrected chi connectivity index (χ0v) is 10.6. The summed E-state index contributed by atoms with van der Waals surface area (Å²) in [6, 6.07) is 3.01. The number of aliphatic hydroxyl groups is 1. The SMILES string of the molecule is Cn1ccc(NS(=O)(=O)c2cc(CO)cs2)n1. The second-order valence-electron chi connectivity index (χ2n) is 3.41. The van der Waals surface area contributed by atoms with Crippen molar-refractivity contribution in [1.29, 1.82) is 0 Å². The predicted octanol–water partition coefficient (Wildman–Crippen LogP) is 0.775. The number of thiophene rings is 1. The van der Waals surface area contributed by atoms with Crippen molar-refractivity contribution in [1.82, 2.24) is 9.78 Å². The molecule has 0 spiro atoms. The summed E-state index contributed by atoms with van der Waals surface area (Å²) in [7, 11) is -1.91. The lowest BCUT2D eigenvalue weighted by Gasteiger charge is -2.01. The lowest BCUT2D eigenvalue weighted by atomic mass is 10.4. The molecule has 0 bridgehead atoms. The Balaban J connectivity index is 2.24. The number of anilines is 1. The molecule has 2 rings (SSSR count). The van der Waals surface area contributed by atoms with Gasteiger partial charge in [-0.3, -0.25) is 9.40 Å². The minimum Gasteiger partial charge on any atom is -0.392 e. The molecule has 0 aliphatic carbocycles. The molecule has 2 heterocycles.